The molecule has 0 unspecified atom stereocenters. The molecule has 1 aliphatic heterocycles. The van der Waals surface area contributed by atoms with Gasteiger partial charge in [-0.3, -0.25) is 9.20 Å². The zero-order chi connectivity index (χ0) is 24.3. The fraction of sp³-hybridized carbons (Fsp3) is 0.400. The monoisotopic (exact) mass is 495 g/mol. The molecule has 1 aromatic carbocycles. The van der Waals surface area contributed by atoms with Gasteiger partial charge >= 0.3 is 0 Å². The molecule has 2 aliphatic rings. The summed E-state index contributed by atoms with van der Waals surface area (Å²) in [6, 6.07) is 4.40. The largest absolute Gasteiger partial charge is 0.370 e. The summed E-state index contributed by atoms with van der Waals surface area (Å²) in [7, 11) is 0. The number of ether oxygens (including phenoxy) is 1. The standard InChI is InChI=1S/C25H23ClFN5O3/c1-12-13(2)28-23-21(17-6-5-16(26)10-18(17)27)29-19(11-32(23)25(12)33)15-7-8-34-20(9-15)22-30-24(35-31-22)14-3-4-14/h5-6,10-11,14-15,20H,3-4,7-9H2,1-2H3/t15-,20+/m0/s1. The second-order valence-corrected chi connectivity index (χ2v) is 9.74. The summed E-state index contributed by atoms with van der Waals surface area (Å²) in [4.78, 5) is 27.2. The van der Waals surface area contributed by atoms with Crippen molar-refractivity contribution in [3.8, 4) is 11.3 Å². The van der Waals surface area contributed by atoms with Gasteiger partial charge in [-0.25, -0.2) is 14.4 Å². The van der Waals surface area contributed by atoms with Crippen molar-refractivity contribution in [2.45, 2.75) is 57.5 Å². The molecule has 0 radical (unpaired) electrons. The lowest BCUT2D eigenvalue weighted by Crippen LogP contribution is -2.24. The van der Waals surface area contributed by atoms with Gasteiger partial charge < -0.3 is 9.26 Å². The maximum atomic E-state index is 15.0. The van der Waals surface area contributed by atoms with E-state index in [2.05, 4.69) is 15.1 Å². The zero-order valence-corrected chi connectivity index (χ0v) is 20.0. The minimum absolute atomic E-state index is 0.0522. The van der Waals surface area contributed by atoms with Crippen molar-refractivity contribution in [1.82, 2.24) is 24.5 Å². The van der Waals surface area contributed by atoms with Gasteiger partial charge in [0.05, 0.1) is 5.69 Å². The van der Waals surface area contributed by atoms with Crippen LogP contribution in [0.15, 0.2) is 33.7 Å². The predicted molar refractivity (Wildman–Crippen MR) is 126 cm³/mol. The van der Waals surface area contributed by atoms with Crippen molar-refractivity contribution in [2.75, 3.05) is 6.61 Å². The van der Waals surface area contributed by atoms with Gasteiger partial charge in [0.15, 0.2) is 5.65 Å². The first-order chi connectivity index (χ1) is 16.9. The molecular weight excluding hydrogens is 473 g/mol. The average Bonchev–Trinajstić information content (AvgIpc) is 3.59. The fourth-order valence-corrected chi connectivity index (χ4v) is 4.69. The van der Waals surface area contributed by atoms with Crippen LogP contribution in [-0.4, -0.2) is 31.1 Å². The van der Waals surface area contributed by atoms with Gasteiger partial charge in [0, 0.05) is 46.5 Å². The van der Waals surface area contributed by atoms with E-state index in [9.17, 15) is 9.18 Å². The second kappa shape index (κ2) is 8.49. The average molecular weight is 496 g/mol. The van der Waals surface area contributed by atoms with Crippen LogP contribution in [0.2, 0.25) is 5.02 Å². The van der Waals surface area contributed by atoms with E-state index >= 15 is 0 Å². The topological polar surface area (TPSA) is 95.4 Å². The van der Waals surface area contributed by atoms with Crippen molar-refractivity contribution in [3.63, 3.8) is 0 Å². The van der Waals surface area contributed by atoms with Crippen molar-refractivity contribution in [2.24, 2.45) is 0 Å². The predicted octanol–water partition coefficient (Wildman–Crippen LogP) is 5.06. The molecule has 2 fully saturated rings. The first kappa shape index (κ1) is 22.3. The summed E-state index contributed by atoms with van der Waals surface area (Å²) >= 11 is 5.98. The van der Waals surface area contributed by atoms with Crippen LogP contribution in [0.5, 0.6) is 0 Å². The van der Waals surface area contributed by atoms with E-state index in [0.29, 0.717) is 65.4 Å². The highest BCUT2D eigenvalue weighted by molar-refractivity contribution is 6.30. The highest BCUT2D eigenvalue weighted by atomic mass is 35.5. The smallest absolute Gasteiger partial charge is 0.261 e. The van der Waals surface area contributed by atoms with Crippen molar-refractivity contribution < 1.29 is 13.7 Å². The number of fused-ring (bicyclic) bond motifs is 1. The molecule has 0 bridgehead atoms. The lowest BCUT2D eigenvalue weighted by Gasteiger charge is -2.28. The van der Waals surface area contributed by atoms with Crippen LogP contribution in [-0.2, 0) is 4.74 Å². The molecule has 3 aromatic heterocycles. The molecule has 1 aliphatic carbocycles. The Hall–Kier alpha value is -3.17. The zero-order valence-electron chi connectivity index (χ0n) is 19.3. The molecule has 1 saturated carbocycles. The molecule has 8 nitrogen and oxygen atoms in total. The Morgan fingerprint density at radius 2 is 1.94 bits per heavy atom. The molecule has 2 atom stereocenters. The van der Waals surface area contributed by atoms with E-state index in [0.717, 1.165) is 12.8 Å². The number of aromatic nitrogens is 5. The van der Waals surface area contributed by atoms with Crippen molar-refractivity contribution >= 4 is 17.2 Å². The molecular formula is C25H23ClFN5O3. The van der Waals surface area contributed by atoms with E-state index in [1.54, 1.807) is 32.2 Å². The van der Waals surface area contributed by atoms with Crippen LogP contribution in [0.3, 0.4) is 0 Å². The van der Waals surface area contributed by atoms with Crippen LogP contribution >= 0.6 is 11.6 Å². The molecule has 4 heterocycles. The summed E-state index contributed by atoms with van der Waals surface area (Å²) in [5.41, 5.74) is 2.41. The fourth-order valence-electron chi connectivity index (χ4n) is 4.53. The van der Waals surface area contributed by atoms with Gasteiger partial charge in [-0.2, -0.15) is 4.98 Å². The SMILES string of the molecule is Cc1nc2c(-c3ccc(Cl)cc3F)nc([C@H]3CCO[C@@H](c4noc(C5CC5)n4)C3)cn2c(=O)c1C. The van der Waals surface area contributed by atoms with Crippen LogP contribution < -0.4 is 5.56 Å². The number of halogens is 2. The molecule has 4 aromatic rings. The summed E-state index contributed by atoms with van der Waals surface area (Å²) in [5.74, 6) is 0.982. The molecule has 10 heteroatoms. The first-order valence-corrected chi connectivity index (χ1v) is 12.1. The van der Waals surface area contributed by atoms with Crippen molar-refractivity contribution in [1.29, 1.82) is 0 Å². The third kappa shape index (κ3) is 4.02. The molecule has 35 heavy (non-hydrogen) atoms. The molecule has 180 valence electrons. The minimum atomic E-state index is -0.527. The van der Waals surface area contributed by atoms with E-state index in [4.69, 9.17) is 25.8 Å². The van der Waals surface area contributed by atoms with Gasteiger partial charge in [-0.05, 0) is 57.7 Å². The number of nitrogens with zero attached hydrogens (tertiary/aromatic N) is 5. The number of rotatable bonds is 4. The maximum Gasteiger partial charge on any atom is 0.261 e. The number of aryl methyl sites for hydroxylation is 1. The summed E-state index contributed by atoms with van der Waals surface area (Å²) < 4.78 is 27.8. The number of hydrogen-bond donors (Lipinski definition) is 0. The molecule has 6 rings (SSSR count). The van der Waals surface area contributed by atoms with Gasteiger partial charge in [0.1, 0.15) is 17.6 Å². The highest BCUT2D eigenvalue weighted by Gasteiger charge is 2.34. The third-order valence-corrected chi connectivity index (χ3v) is 7.09. The second-order valence-electron chi connectivity index (χ2n) is 9.31. The first-order valence-electron chi connectivity index (χ1n) is 11.7. The van der Waals surface area contributed by atoms with Gasteiger partial charge in [-0.15, -0.1) is 0 Å². The molecule has 0 N–H and O–H groups in total. The normalized spacial score (nSPS) is 20.5. The third-order valence-electron chi connectivity index (χ3n) is 6.86. The molecule has 0 spiro atoms. The number of benzene rings is 1. The Balaban J connectivity index is 1.45. The van der Waals surface area contributed by atoms with Gasteiger partial charge in [0.25, 0.3) is 5.56 Å². The Bertz CT molecular complexity index is 1510. The van der Waals surface area contributed by atoms with Gasteiger partial charge in [0.2, 0.25) is 11.7 Å². The van der Waals surface area contributed by atoms with Crippen molar-refractivity contribution in [3.05, 3.63) is 74.3 Å². The summed E-state index contributed by atoms with van der Waals surface area (Å²) in [6.07, 6.45) is 4.78. The van der Waals surface area contributed by atoms with Crippen LogP contribution in [0.25, 0.3) is 16.9 Å². The van der Waals surface area contributed by atoms with Gasteiger partial charge in [-0.1, -0.05) is 16.8 Å². The van der Waals surface area contributed by atoms with Crippen LogP contribution in [0.1, 0.15) is 72.3 Å². The molecule has 0 amide bonds. The quantitative estimate of drug-likeness (QED) is 0.390. The summed E-state index contributed by atoms with van der Waals surface area (Å²) in [5, 5.41) is 4.42. The Labute approximate surface area is 205 Å². The van der Waals surface area contributed by atoms with E-state index in [1.807, 2.05) is 0 Å². The van der Waals surface area contributed by atoms with Crippen LogP contribution in [0, 0.1) is 19.7 Å². The van der Waals surface area contributed by atoms with E-state index in [1.165, 1.54) is 10.5 Å². The van der Waals surface area contributed by atoms with E-state index in [-0.39, 0.29) is 28.2 Å². The highest BCUT2D eigenvalue weighted by Crippen LogP contribution is 2.41. The number of hydrogen-bond acceptors (Lipinski definition) is 7. The maximum absolute atomic E-state index is 15.0. The summed E-state index contributed by atoms with van der Waals surface area (Å²) in [6.45, 7) is 3.97. The van der Waals surface area contributed by atoms with Crippen LogP contribution in [0.4, 0.5) is 4.39 Å². The molecule has 1 saturated heterocycles. The Morgan fingerprint density at radius 1 is 1.11 bits per heavy atom. The lowest BCUT2D eigenvalue weighted by atomic mass is 9.92. The Morgan fingerprint density at radius 3 is 2.71 bits per heavy atom. The Kier molecular flexibility index (Phi) is 5.41. The minimum Gasteiger partial charge on any atom is -0.370 e. The lowest BCUT2D eigenvalue weighted by molar-refractivity contribution is -0.00184. The van der Waals surface area contributed by atoms with E-state index < -0.39 is 5.82 Å².